The topological polar surface area (TPSA) is 17.3 Å². The summed E-state index contributed by atoms with van der Waals surface area (Å²) < 4.78 is 1.96. The summed E-state index contributed by atoms with van der Waals surface area (Å²) in [6, 6.07) is 12.3. The van der Waals surface area contributed by atoms with Gasteiger partial charge in [-0.2, -0.15) is 0 Å². The van der Waals surface area contributed by atoms with Crippen LogP contribution in [-0.4, -0.2) is 9.38 Å². The predicted molar refractivity (Wildman–Crippen MR) is 74.2 cm³/mol. The summed E-state index contributed by atoms with van der Waals surface area (Å²) in [5.74, 6) is 0. The molecule has 3 heteroatoms. The van der Waals surface area contributed by atoms with Crippen LogP contribution in [0.25, 0.3) is 5.65 Å². The molecule has 0 radical (unpaired) electrons. The molecule has 0 spiro atoms. The van der Waals surface area contributed by atoms with E-state index in [1.807, 2.05) is 28.9 Å². The Balaban J connectivity index is 1.92. The molecule has 3 aromatic rings. The molecular weight excluding hydrogens is 244 g/mol. The Hall–Kier alpha value is -1.80. The predicted octanol–water partition coefficient (Wildman–Crippen LogP) is 3.89. The fourth-order valence-electron chi connectivity index (χ4n) is 2.02. The zero-order valence-corrected chi connectivity index (χ0v) is 10.9. The standard InChI is InChI=1S/C15H13ClN2/c1-11-2-4-12(5-3-11)8-14-10-18-9-13(16)6-7-15(18)17-14/h2-7,9-10H,8H2,1H3. The third-order valence-electron chi connectivity index (χ3n) is 2.97. The highest BCUT2D eigenvalue weighted by atomic mass is 35.5. The van der Waals surface area contributed by atoms with Gasteiger partial charge >= 0.3 is 0 Å². The van der Waals surface area contributed by atoms with Crippen molar-refractivity contribution in [3.8, 4) is 0 Å². The molecule has 0 saturated carbocycles. The molecule has 0 saturated heterocycles. The van der Waals surface area contributed by atoms with Gasteiger partial charge in [-0.1, -0.05) is 41.4 Å². The van der Waals surface area contributed by atoms with Crippen molar-refractivity contribution in [2.75, 3.05) is 0 Å². The van der Waals surface area contributed by atoms with Crippen molar-refractivity contribution in [2.45, 2.75) is 13.3 Å². The number of aromatic nitrogens is 2. The van der Waals surface area contributed by atoms with E-state index in [1.165, 1.54) is 11.1 Å². The SMILES string of the molecule is Cc1ccc(Cc2cn3cc(Cl)ccc3n2)cc1. The quantitative estimate of drug-likeness (QED) is 0.680. The molecule has 90 valence electrons. The van der Waals surface area contributed by atoms with E-state index in [9.17, 15) is 0 Å². The maximum absolute atomic E-state index is 5.96. The van der Waals surface area contributed by atoms with Gasteiger partial charge in [-0.15, -0.1) is 0 Å². The first kappa shape index (κ1) is 11.3. The molecule has 0 aliphatic carbocycles. The third-order valence-corrected chi connectivity index (χ3v) is 3.19. The first-order valence-electron chi connectivity index (χ1n) is 5.89. The highest BCUT2D eigenvalue weighted by Gasteiger charge is 2.03. The van der Waals surface area contributed by atoms with Crippen LogP contribution in [0.15, 0.2) is 48.8 Å². The van der Waals surface area contributed by atoms with E-state index in [0.717, 1.165) is 22.8 Å². The van der Waals surface area contributed by atoms with E-state index in [0.29, 0.717) is 0 Å². The van der Waals surface area contributed by atoms with Gasteiger partial charge in [0.15, 0.2) is 0 Å². The van der Waals surface area contributed by atoms with Crippen molar-refractivity contribution in [3.05, 3.63) is 70.6 Å². The average molecular weight is 257 g/mol. The minimum absolute atomic E-state index is 0.724. The van der Waals surface area contributed by atoms with Crippen LogP contribution in [0, 0.1) is 6.92 Å². The van der Waals surface area contributed by atoms with E-state index < -0.39 is 0 Å². The number of imidazole rings is 1. The number of rotatable bonds is 2. The van der Waals surface area contributed by atoms with Crippen molar-refractivity contribution in [2.24, 2.45) is 0 Å². The van der Waals surface area contributed by atoms with E-state index >= 15 is 0 Å². The molecule has 0 unspecified atom stereocenters. The normalized spacial score (nSPS) is 11.0. The molecule has 0 N–H and O–H groups in total. The Morgan fingerprint density at radius 1 is 1.06 bits per heavy atom. The monoisotopic (exact) mass is 256 g/mol. The van der Waals surface area contributed by atoms with Gasteiger partial charge in [0, 0.05) is 18.8 Å². The van der Waals surface area contributed by atoms with Gasteiger partial charge in [-0.25, -0.2) is 4.98 Å². The lowest BCUT2D eigenvalue weighted by Crippen LogP contribution is -1.87. The van der Waals surface area contributed by atoms with E-state index in [4.69, 9.17) is 11.6 Å². The molecular formula is C15H13ClN2. The summed E-state index contributed by atoms with van der Waals surface area (Å²) in [6.07, 6.45) is 4.75. The van der Waals surface area contributed by atoms with Crippen molar-refractivity contribution < 1.29 is 0 Å². The fourth-order valence-corrected chi connectivity index (χ4v) is 2.19. The molecule has 1 aromatic carbocycles. The number of pyridine rings is 1. The van der Waals surface area contributed by atoms with Crippen LogP contribution in [0.5, 0.6) is 0 Å². The lowest BCUT2D eigenvalue weighted by Gasteiger charge is -1.98. The molecule has 2 aromatic heterocycles. The summed E-state index contributed by atoms with van der Waals surface area (Å²) in [7, 11) is 0. The van der Waals surface area contributed by atoms with Gasteiger partial charge in [0.05, 0.1) is 10.7 Å². The van der Waals surface area contributed by atoms with Crippen LogP contribution in [0.2, 0.25) is 5.02 Å². The molecule has 0 aliphatic heterocycles. The second-order valence-corrected chi connectivity index (χ2v) is 4.94. The second-order valence-electron chi connectivity index (χ2n) is 4.51. The number of nitrogens with zero attached hydrogens (tertiary/aromatic N) is 2. The maximum Gasteiger partial charge on any atom is 0.137 e. The highest BCUT2D eigenvalue weighted by molar-refractivity contribution is 6.30. The zero-order valence-electron chi connectivity index (χ0n) is 10.1. The van der Waals surface area contributed by atoms with Crippen LogP contribution in [0.3, 0.4) is 0 Å². The summed E-state index contributed by atoms with van der Waals surface area (Å²) in [5.41, 5.74) is 4.54. The minimum Gasteiger partial charge on any atom is -0.305 e. The molecule has 2 heterocycles. The Morgan fingerprint density at radius 3 is 2.61 bits per heavy atom. The van der Waals surface area contributed by atoms with Gasteiger partial charge in [0.1, 0.15) is 5.65 Å². The largest absolute Gasteiger partial charge is 0.305 e. The van der Waals surface area contributed by atoms with Crippen LogP contribution in [0.4, 0.5) is 0 Å². The van der Waals surface area contributed by atoms with E-state index in [2.05, 4.69) is 36.2 Å². The molecule has 2 nitrogen and oxygen atoms in total. The third kappa shape index (κ3) is 2.24. The lowest BCUT2D eigenvalue weighted by atomic mass is 10.1. The molecule has 0 fully saturated rings. The number of benzene rings is 1. The molecule has 0 aliphatic rings. The van der Waals surface area contributed by atoms with Gasteiger partial charge in [0.2, 0.25) is 0 Å². The zero-order chi connectivity index (χ0) is 12.5. The molecule has 3 rings (SSSR count). The number of hydrogen-bond donors (Lipinski definition) is 0. The smallest absolute Gasteiger partial charge is 0.137 e. The Morgan fingerprint density at radius 2 is 1.83 bits per heavy atom. The molecule has 0 atom stereocenters. The second kappa shape index (κ2) is 4.46. The van der Waals surface area contributed by atoms with E-state index in [-0.39, 0.29) is 0 Å². The number of aryl methyl sites for hydroxylation is 1. The van der Waals surface area contributed by atoms with Gasteiger partial charge in [-0.05, 0) is 24.6 Å². The van der Waals surface area contributed by atoms with Crippen molar-refractivity contribution in [1.29, 1.82) is 0 Å². The Bertz CT molecular complexity index is 683. The Kier molecular flexibility index (Phi) is 2.80. The van der Waals surface area contributed by atoms with Crippen LogP contribution in [0.1, 0.15) is 16.8 Å². The number of halogens is 1. The first-order chi connectivity index (χ1) is 8.70. The van der Waals surface area contributed by atoms with Crippen LogP contribution < -0.4 is 0 Å². The summed E-state index contributed by atoms with van der Waals surface area (Å²) in [6.45, 7) is 2.09. The maximum atomic E-state index is 5.96. The van der Waals surface area contributed by atoms with Gasteiger partial charge in [0.25, 0.3) is 0 Å². The number of hydrogen-bond acceptors (Lipinski definition) is 1. The van der Waals surface area contributed by atoms with Crippen LogP contribution in [-0.2, 0) is 6.42 Å². The summed E-state index contributed by atoms with van der Waals surface area (Å²) in [4.78, 5) is 4.58. The molecule has 0 amide bonds. The first-order valence-corrected chi connectivity index (χ1v) is 6.27. The minimum atomic E-state index is 0.724. The molecule has 0 bridgehead atoms. The Labute approximate surface area is 111 Å². The average Bonchev–Trinajstić information content (AvgIpc) is 2.73. The van der Waals surface area contributed by atoms with Crippen LogP contribution >= 0.6 is 11.6 Å². The van der Waals surface area contributed by atoms with Crippen molar-refractivity contribution in [3.63, 3.8) is 0 Å². The van der Waals surface area contributed by atoms with Gasteiger partial charge < -0.3 is 4.40 Å². The number of fused-ring (bicyclic) bond motifs is 1. The van der Waals surface area contributed by atoms with Crippen molar-refractivity contribution in [1.82, 2.24) is 9.38 Å². The van der Waals surface area contributed by atoms with Gasteiger partial charge in [-0.3, -0.25) is 0 Å². The molecule has 18 heavy (non-hydrogen) atoms. The summed E-state index contributed by atoms with van der Waals surface area (Å²) in [5, 5.41) is 0.724. The van der Waals surface area contributed by atoms with Crippen molar-refractivity contribution >= 4 is 17.2 Å². The van der Waals surface area contributed by atoms with E-state index in [1.54, 1.807) is 0 Å². The lowest BCUT2D eigenvalue weighted by molar-refractivity contribution is 1.11. The summed E-state index contributed by atoms with van der Waals surface area (Å²) >= 11 is 5.96. The fraction of sp³-hybridized carbons (Fsp3) is 0.133. The highest BCUT2D eigenvalue weighted by Crippen LogP contribution is 2.14.